The molecule has 0 aliphatic carbocycles. The van der Waals surface area contributed by atoms with Gasteiger partial charge in [0, 0.05) is 11.8 Å². The maximum atomic E-state index is 13.3. The Morgan fingerprint density at radius 1 is 1.09 bits per heavy atom. The second kappa shape index (κ2) is 5.55. The van der Waals surface area contributed by atoms with Gasteiger partial charge in [-0.25, -0.2) is 8.42 Å². The van der Waals surface area contributed by atoms with E-state index in [4.69, 9.17) is 0 Å². The number of rotatable bonds is 2. The molecule has 11 heteroatoms. The summed E-state index contributed by atoms with van der Waals surface area (Å²) in [6, 6.07) is 4.31. The summed E-state index contributed by atoms with van der Waals surface area (Å²) in [6.07, 6.45) is -11.6. The van der Waals surface area contributed by atoms with Crippen molar-refractivity contribution in [1.82, 2.24) is 4.31 Å². The number of sulfonamides is 1. The van der Waals surface area contributed by atoms with Crippen LogP contribution in [0.2, 0.25) is 0 Å². The molecule has 0 radical (unpaired) electrons. The molecule has 0 N–H and O–H groups in total. The van der Waals surface area contributed by atoms with Crippen LogP contribution in [-0.2, 0) is 10.0 Å². The van der Waals surface area contributed by atoms with Crippen molar-refractivity contribution in [3.63, 3.8) is 0 Å². The maximum Gasteiger partial charge on any atom is 0.426 e. The molecule has 1 aromatic rings. The topological polar surface area (TPSA) is 37.4 Å². The first-order valence-electron chi connectivity index (χ1n) is 6.22. The highest BCUT2D eigenvalue weighted by Gasteiger charge is 2.79. The standard InChI is InChI=1S/C12H11F6NO2S2/c1-8-7-22-10(11(13,14)15,12(16,17)18)19(8)23(20,21)9-5-3-2-4-6-9/h2-6,8H,7H2,1H3. The Hall–Kier alpha value is -0.940. The molecule has 1 unspecified atom stereocenters. The molecule has 1 saturated heterocycles. The van der Waals surface area contributed by atoms with Crippen molar-refractivity contribution in [3.05, 3.63) is 30.3 Å². The van der Waals surface area contributed by atoms with E-state index in [1.54, 1.807) is 0 Å². The molecule has 1 atom stereocenters. The molecule has 23 heavy (non-hydrogen) atoms. The monoisotopic (exact) mass is 379 g/mol. The number of nitrogens with zero attached hydrogens (tertiary/aromatic N) is 1. The van der Waals surface area contributed by atoms with E-state index in [1.165, 1.54) is 18.2 Å². The molecule has 1 heterocycles. The molecule has 3 nitrogen and oxygen atoms in total. The second-order valence-electron chi connectivity index (χ2n) is 4.91. The van der Waals surface area contributed by atoms with E-state index in [2.05, 4.69) is 0 Å². The molecule has 0 aromatic heterocycles. The average Bonchev–Trinajstić information content (AvgIpc) is 2.78. The zero-order valence-electron chi connectivity index (χ0n) is 11.5. The van der Waals surface area contributed by atoms with Crippen molar-refractivity contribution < 1.29 is 34.8 Å². The Labute approximate surface area is 132 Å². The van der Waals surface area contributed by atoms with Crippen molar-refractivity contribution in [2.75, 3.05) is 5.75 Å². The van der Waals surface area contributed by atoms with Gasteiger partial charge >= 0.3 is 12.4 Å². The third-order valence-corrected chi connectivity index (χ3v) is 7.17. The van der Waals surface area contributed by atoms with Gasteiger partial charge in [-0.05, 0) is 19.1 Å². The summed E-state index contributed by atoms with van der Waals surface area (Å²) in [6.45, 7) is 1.02. The van der Waals surface area contributed by atoms with Crippen LogP contribution >= 0.6 is 11.8 Å². The summed E-state index contributed by atoms with van der Waals surface area (Å²) >= 11 is -0.462. The summed E-state index contributed by atoms with van der Waals surface area (Å²) < 4.78 is 104. The number of alkyl halides is 6. The van der Waals surface area contributed by atoms with Crippen LogP contribution in [-0.4, -0.2) is 41.7 Å². The fourth-order valence-electron chi connectivity index (χ4n) is 2.37. The number of thioether (sulfide) groups is 1. The van der Waals surface area contributed by atoms with Crippen molar-refractivity contribution in [3.8, 4) is 0 Å². The van der Waals surface area contributed by atoms with E-state index in [-0.39, 0.29) is 0 Å². The van der Waals surface area contributed by atoms with Crippen molar-refractivity contribution in [2.45, 2.75) is 35.1 Å². The van der Waals surface area contributed by atoms with Gasteiger partial charge in [-0.2, -0.15) is 30.6 Å². The molecular weight excluding hydrogens is 368 g/mol. The summed E-state index contributed by atoms with van der Waals surface area (Å²) in [5, 5.41) is 0. The van der Waals surface area contributed by atoms with E-state index >= 15 is 0 Å². The van der Waals surface area contributed by atoms with Gasteiger partial charge in [0.2, 0.25) is 10.0 Å². The zero-order chi connectivity index (χ0) is 17.7. The van der Waals surface area contributed by atoms with Gasteiger partial charge < -0.3 is 0 Å². The van der Waals surface area contributed by atoms with Crippen molar-refractivity contribution in [2.24, 2.45) is 0 Å². The van der Waals surface area contributed by atoms with Gasteiger partial charge in [-0.15, -0.1) is 11.8 Å². The van der Waals surface area contributed by atoms with Crippen LogP contribution in [0, 0.1) is 0 Å². The van der Waals surface area contributed by atoms with E-state index in [0.29, 0.717) is 0 Å². The minimum absolute atomic E-state index is 0.458. The molecule has 0 amide bonds. The van der Waals surface area contributed by atoms with Crippen molar-refractivity contribution in [1.29, 1.82) is 0 Å². The summed E-state index contributed by atoms with van der Waals surface area (Å²) in [5.74, 6) is -0.620. The van der Waals surface area contributed by atoms with Crippen LogP contribution in [0.5, 0.6) is 0 Å². The summed E-state index contributed by atoms with van der Waals surface area (Å²) in [7, 11) is -4.99. The first-order chi connectivity index (χ1) is 10.4. The molecule has 2 rings (SSSR count). The van der Waals surface area contributed by atoms with Gasteiger partial charge in [0.15, 0.2) is 0 Å². The average molecular weight is 379 g/mol. The lowest BCUT2D eigenvalue weighted by Gasteiger charge is -2.40. The molecule has 1 aromatic carbocycles. The Kier molecular flexibility index (Phi) is 4.44. The lowest BCUT2D eigenvalue weighted by atomic mass is 10.2. The molecule has 0 saturated carbocycles. The smallest absolute Gasteiger partial charge is 0.207 e. The van der Waals surface area contributed by atoms with Crippen LogP contribution < -0.4 is 0 Å². The Morgan fingerprint density at radius 2 is 1.57 bits per heavy atom. The fraction of sp³-hybridized carbons (Fsp3) is 0.500. The largest absolute Gasteiger partial charge is 0.426 e. The van der Waals surface area contributed by atoms with Gasteiger partial charge in [0.25, 0.3) is 4.87 Å². The highest BCUT2D eigenvalue weighted by molar-refractivity contribution is 8.02. The number of benzene rings is 1. The predicted molar refractivity (Wildman–Crippen MR) is 72.2 cm³/mol. The molecule has 0 spiro atoms. The molecule has 1 aliphatic heterocycles. The predicted octanol–water partition coefficient (Wildman–Crippen LogP) is 3.63. The third kappa shape index (κ3) is 2.72. The van der Waals surface area contributed by atoms with E-state index < -0.39 is 60.0 Å². The molecule has 1 aliphatic rings. The summed E-state index contributed by atoms with van der Waals surface area (Å²) in [4.78, 5) is -5.11. The normalized spacial score (nSPS) is 23.2. The lowest BCUT2D eigenvalue weighted by Crippen LogP contribution is -2.65. The Morgan fingerprint density at radius 3 is 2.00 bits per heavy atom. The van der Waals surface area contributed by atoms with Crippen LogP contribution in [0.25, 0.3) is 0 Å². The zero-order valence-corrected chi connectivity index (χ0v) is 13.2. The van der Waals surface area contributed by atoms with Crippen molar-refractivity contribution >= 4 is 21.8 Å². The fourth-order valence-corrected chi connectivity index (χ4v) is 6.00. The third-order valence-electron chi connectivity index (χ3n) is 3.31. The minimum Gasteiger partial charge on any atom is -0.207 e. The number of hydrogen-bond donors (Lipinski definition) is 0. The van der Waals surface area contributed by atoms with Crippen LogP contribution in [0.1, 0.15) is 6.92 Å². The highest BCUT2D eigenvalue weighted by Crippen LogP contribution is 2.59. The van der Waals surface area contributed by atoms with E-state index in [9.17, 15) is 34.8 Å². The van der Waals surface area contributed by atoms with E-state index in [1.807, 2.05) is 0 Å². The van der Waals surface area contributed by atoms with Gasteiger partial charge in [-0.3, -0.25) is 0 Å². The van der Waals surface area contributed by atoms with E-state index in [0.717, 1.165) is 19.1 Å². The second-order valence-corrected chi connectivity index (χ2v) is 7.94. The lowest BCUT2D eigenvalue weighted by molar-refractivity contribution is -0.291. The highest BCUT2D eigenvalue weighted by atomic mass is 32.2. The van der Waals surface area contributed by atoms with Gasteiger partial charge in [-0.1, -0.05) is 18.2 Å². The number of hydrogen-bond acceptors (Lipinski definition) is 3. The summed E-state index contributed by atoms with van der Waals surface area (Å²) in [5.41, 5.74) is 0. The first-order valence-corrected chi connectivity index (χ1v) is 8.65. The molecule has 130 valence electrons. The molecule has 1 fully saturated rings. The Bertz CT molecular complexity index is 657. The molecule has 0 bridgehead atoms. The quantitative estimate of drug-likeness (QED) is 0.737. The first kappa shape index (κ1) is 18.4. The van der Waals surface area contributed by atoms with Crippen LogP contribution in [0.3, 0.4) is 0 Å². The van der Waals surface area contributed by atoms with Gasteiger partial charge in [0.05, 0.1) is 4.90 Å². The van der Waals surface area contributed by atoms with Crippen LogP contribution in [0.4, 0.5) is 26.3 Å². The number of halogens is 6. The van der Waals surface area contributed by atoms with Crippen LogP contribution in [0.15, 0.2) is 35.2 Å². The minimum atomic E-state index is -5.82. The Balaban J connectivity index is 2.71. The van der Waals surface area contributed by atoms with Gasteiger partial charge in [0.1, 0.15) is 0 Å². The maximum absolute atomic E-state index is 13.3. The SMILES string of the molecule is CC1CSC(C(F)(F)F)(C(F)(F)F)N1S(=O)(=O)c1ccccc1. The molecular formula is C12H11F6NO2S2.